The first-order chi connectivity index (χ1) is 9.29. The van der Waals surface area contributed by atoms with Crippen molar-refractivity contribution in [1.82, 2.24) is 0 Å². The van der Waals surface area contributed by atoms with Crippen molar-refractivity contribution in [2.45, 2.75) is 47.1 Å². The topological polar surface area (TPSA) is 29.3 Å². The fourth-order valence-electron chi connectivity index (χ4n) is 2.41. The molecule has 0 spiro atoms. The number of hydrogen-bond donors (Lipinski definition) is 1. The van der Waals surface area contributed by atoms with Crippen LogP contribution in [0, 0.1) is 11.8 Å². The van der Waals surface area contributed by atoms with E-state index >= 15 is 0 Å². The zero-order valence-corrected chi connectivity index (χ0v) is 14.2. The second kappa shape index (κ2) is 7.90. The van der Waals surface area contributed by atoms with Crippen LogP contribution in [-0.2, 0) is 6.42 Å². The van der Waals surface area contributed by atoms with Crippen LogP contribution in [0.25, 0.3) is 0 Å². The molecule has 1 aromatic carbocycles. The minimum atomic E-state index is 0.140. The van der Waals surface area contributed by atoms with Crippen molar-refractivity contribution in [2.75, 3.05) is 18.0 Å². The van der Waals surface area contributed by atoms with Crippen LogP contribution in [0.3, 0.4) is 0 Å². The molecule has 0 aliphatic rings. The molecule has 0 bridgehead atoms. The van der Waals surface area contributed by atoms with Crippen LogP contribution in [0.1, 0.15) is 40.2 Å². The molecule has 0 saturated carbocycles. The Hall–Kier alpha value is -0.730. The van der Waals surface area contributed by atoms with Crippen molar-refractivity contribution in [3.8, 4) is 0 Å². The number of anilines is 1. The second-order valence-corrected chi connectivity index (χ2v) is 7.06. The van der Waals surface area contributed by atoms with Gasteiger partial charge in [0.1, 0.15) is 0 Å². The third-order valence-electron chi connectivity index (χ3n) is 3.11. The van der Waals surface area contributed by atoms with E-state index in [1.807, 2.05) is 6.92 Å². The monoisotopic (exact) mass is 296 g/mol. The van der Waals surface area contributed by atoms with Gasteiger partial charge in [0.25, 0.3) is 0 Å². The highest BCUT2D eigenvalue weighted by Crippen LogP contribution is 2.26. The van der Waals surface area contributed by atoms with E-state index in [4.69, 9.17) is 17.3 Å². The summed E-state index contributed by atoms with van der Waals surface area (Å²) in [7, 11) is 0. The zero-order chi connectivity index (χ0) is 15.3. The molecule has 114 valence electrons. The maximum absolute atomic E-state index is 6.41. The summed E-state index contributed by atoms with van der Waals surface area (Å²) in [5.74, 6) is 1.27. The molecule has 0 aliphatic carbocycles. The third kappa shape index (κ3) is 5.72. The number of hydrogen-bond acceptors (Lipinski definition) is 2. The maximum atomic E-state index is 6.41. The fraction of sp³-hybridized carbons (Fsp3) is 0.647. The highest BCUT2D eigenvalue weighted by Gasteiger charge is 2.12. The van der Waals surface area contributed by atoms with Gasteiger partial charge in [-0.3, -0.25) is 0 Å². The van der Waals surface area contributed by atoms with Crippen LogP contribution in [0.2, 0.25) is 5.02 Å². The molecule has 0 aromatic heterocycles. The van der Waals surface area contributed by atoms with E-state index in [0.29, 0.717) is 11.8 Å². The molecule has 0 saturated heterocycles. The van der Waals surface area contributed by atoms with Gasteiger partial charge in [-0.05, 0) is 42.9 Å². The third-order valence-corrected chi connectivity index (χ3v) is 3.47. The van der Waals surface area contributed by atoms with Gasteiger partial charge in [-0.1, -0.05) is 45.4 Å². The Kier molecular flexibility index (Phi) is 6.84. The average Bonchev–Trinajstić information content (AvgIpc) is 2.29. The Bertz CT molecular complexity index is 403. The normalized spacial score (nSPS) is 13.1. The number of nitrogens with two attached hydrogens (primary N) is 1. The summed E-state index contributed by atoms with van der Waals surface area (Å²) in [5.41, 5.74) is 8.21. The van der Waals surface area contributed by atoms with Crippen LogP contribution in [0.5, 0.6) is 0 Å². The predicted octanol–water partition coefficient (Wildman–Crippen LogP) is 4.35. The minimum Gasteiger partial charge on any atom is -0.371 e. The lowest BCUT2D eigenvalue weighted by Gasteiger charge is -2.29. The van der Waals surface area contributed by atoms with E-state index in [-0.39, 0.29) is 6.04 Å². The van der Waals surface area contributed by atoms with Crippen LogP contribution in [-0.4, -0.2) is 19.1 Å². The summed E-state index contributed by atoms with van der Waals surface area (Å²) < 4.78 is 0. The lowest BCUT2D eigenvalue weighted by molar-refractivity contribution is 0.552. The van der Waals surface area contributed by atoms with Crippen LogP contribution in [0.15, 0.2) is 18.2 Å². The van der Waals surface area contributed by atoms with Crippen molar-refractivity contribution in [3.05, 3.63) is 28.8 Å². The minimum absolute atomic E-state index is 0.140. The summed E-state index contributed by atoms with van der Waals surface area (Å²) in [6, 6.07) is 6.52. The van der Waals surface area contributed by atoms with E-state index in [9.17, 15) is 0 Å². The SMILES string of the molecule is CC(C)CN(CC(C)C)c1ccc(CC(C)N)c(Cl)c1. The maximum Gasteiger partial charge on any atom is 0.0459 e. The van der Waals surface area contributed by atoms with Gasteiger partial charge in [0.15, 0.2) is 0 Å². The van der Waals surface area contributed by atoms with Gasteiger partial charge in [-0.15, -0.1) is 0 Å². The van der Waals surface area contributed by atoms with Crippen molar-refractivity contribution < 1.29 is 0 Å². The summed E-state index contributed by atoms with van der Waals surface area (Å²) in [6.07, 6.45) is 0.827. The number of benzene rings is 1. The summed E-state index contributed by atoms with van der Waals surface area (Å²) in [6.45, 7) is 13.1. The molecule has 3 heteroatoms. The quantitative estimate of drug-likeness (QED) is 0.810. The molecule has 0 aliphatic heterocycles. The molecular formula is C17H29ClN2. The Morgan fingerprint density at radius 1 is 1.05 bits per heavy atom. The van der Waals surface area contributed by atoms with Crippen LogP contribution in [0.4, 0.5) is 5.69 Å². The summed E-state index contributed by atoms with van der Waals surface area (Å²) >= 11 is 6.41. The first-order valence-electron chi connectivity index (χ1n) is 7.58. The molecular weight excluding hydrogens is 268 g/mol. The van der Waals surface area contributed by atoms with Crippen molar-refractivity contribution >= 4 is 17.3 Å². The fourth-order valence-corrected chi connectivity index (χ4v) is 2.66. The largest absolute Gasteiger partial charge is 0.371 e. The van der Waals surface area contributed by atoms with Crippen molar-refractivity contribution in [1.29, 1.82) is 0 Å². The molecule has 1 atom stereocenters. The average molecular weight is 297 g/mol. The standard InChI is InChI=1S/C17H29ClN2/c1-12(2)10-20(11-13(3)4)16-7-6-15(8-14(5)19)17(18)9-16/h6-7,9,12-14H,8,10-11,19H2,1-5H3. The smallest absolute Gasteiger partial charge is 0.0459 e. The highest BCUT2D eigenvalue weighted by atomic mass is 35.5. The van der Waals surface area contributed by atoms with Crippen LogP contribution < -0.4 is 10.6 Å². The van der Waals surface area contributed by atoms with E-state index in [1.54, 1.807) is 0 Å². The molecule has 0 radical (unpaired) electrons. The van der Waals surface area contributed by atoms with Gasteiger partial charge in [0.2, 0.25) is 0 Å². The lowest BCUT2D eigenvalue weighted by atomic mass is 10.1. The molecule has 1 rings (SSSR count). The molecule has 0 heterocycles. The Morgan fingerprint density at radius 3 is 2.00 bits per heavy atom. The van der Waals surface area contributed by atoms with Gasteiger partial charge in [-0.25, -0.2) is 0 Å². The van der Waals surface area contributed by atoms with Gasteiger partial charge >= 0.3 is 0 Å². The number of rotatable bonds is 7. The van der Waals surface area contributed by atoms with Gasteiger partial charge in [0, 0.05) is 29.8 Å². The van der Waals surface area contributed by atoms with Gasteiger partial charge in [0.05, 0.1) is 0 Å². The molecule has 2 N–H and O–H groups in total. The molecule has 0 amide bonds. The second-order valence-electron chi connectivity index (χ2n) is 6.65. The first kappa shape index (κ1) is 17.3. The Balaban J connectivity index is 2.93. The summed E-state index contributed by atoms with van der Waals surface area (Å²) in [4.78, 5) is 2.43. The predicted molar refractivity (Wildman–Crippen MR) is 90.7 cm³/mol. The Labute approximate surface area is 129 Å². The number of nitrogens with zero attached hydrogens (tertiary/aromatic N) is 1. The molecule has 0 fully saturated rings. The number of halogens is 1. The molecule has 2 nitrogen and oxygen atoms in total. The highest BCUT2D eigenvalue weighted by molar-refractivity contribution is 6.31. The lowest BCUT2D eigenvalue weighted by Crippen LogP contribution is -2.31. The summed E-state index contributed by atoms with van der Waals surface area (Å²) in [5, 5.41) is 0.831. The molecule has 1 aromatic rings. The van der Waals surface area contributed by atoms with E-state index in [2.05, 4.69) is 50.8 Å². The molecule has 20 heavy (non-hydrogen) atoms. The zero-order valence-electron chi connectivity index (χ0n) is 13.5. The van der Waals surface area contributed by atoms with E-state index < -0.39 is 0 Å². The first-order valence-corrected chi connectivity index (χ1v) is 7.96. The molecule has 1 unspecified atom stereocenters. The van der Waals surface area contributed by atoms with Crippen LogP contribution >= 0.6 is 11.6 Å². The van der Waals surface area contributed by atoms with E-state index in [0.717, 1.165) is 30.1 Å². The van der Waals surface area contributed by atoms with Crippen molar-refractivity contribution in [3.63, 3.8) is 0 Å². The van der Waals surface area contributed by atoms with Gasteiger partial charge in [-0.2, -0.15) is 0 Å². The van der Waals surface area contributed by atoms with E-state index in [1.165, 1.54) is 5.69 Å². The Morgan fingerprint density at radius 2 is 1.60 bits per heavy atom. The van der Waals surface area contributed by atoms with Crippen molar-refractivity contribution in [2.24, 2.45) is 17.6 Å². The van der Waals surface area contributed by atoms with Gasteiger partial charge < -0.3 is 10.6 Å².